The van der Waals surface area contributed by atoms with Gasteiger partial charge in [-0.1, -0.05) is 0 Å². The number of nitrogens with zero attached hydrogens (tertiary/aromatic N) is 3. The smallest absolute Gasteiger partial charge is 0.365 e. The van der Waals surface area contributed by atoms with Gasteiger partial charge in [0.2, 0.25) is 5.91 Å². The minimum atomic E-state index is -0.515. The van der Waals surface area contributed by atoms with E-state index in [1.54, 1.807) is 39.8 Å². The molecular weight excluding hydrogens is 352 g/mol. The van der Waals surface area contributed by atoms with E-state index < -0.39 is 5.97 Å². The maximum Gasteiger partial charge on any atom is 0.365 e. The molecule has 1 N–H and O–H groups in total. The molecule has 0 aromatic carbocycles. The molecule has 9 nitrogen and oxygen atoms in total. The lowest BCUT2D eigenvalue weighted by Crippen LogP contribution is -2.30. The quantitative estimate of drug-likeness (QED) is 0.564. The van der Waals surface area contributed by atoms with Crippen molar-refractivity contribution in [3.05, 3.63) is 22.8 Å². The molecule has 9 heteroatoms. The second-order valence-electron chi connectivity index (χ2n) is 6.11. The maximum atomic E-state index is 11.5. The van der Waals surface area contributed by atoms with Gasteiger partial charge < -0.3 is 24.6 Å². The van der Waals surface area contributed by atoms with Gasteiger partial charge in [0, 0.05) is 53.4 Å². The van der Waals surface area contributed by atoms with Gasteiger partial charge in [0.25, 0.3) is 0 Å². The zero-order valence-electron chi connectivity index (χ0n) is 17.6. The standard InChI is InChI=1S/C10H18N2O3.C8H12N2O2/c1-6-15-10(14)9(11-8(3)13)7(2)12(4)5;1-5(10(3)4)7-8(11)12-6(2)9-7/h6H2,1-5H3,(H,11,13);1-4H3/b9-7-;7-5-. The summed E-state index contributed by atoms with van der Waals surface area (Å²) >= 11 is 0. The van der Waals surface area contributed by atoms with Crippen molar-refractivity contribution >= 4 is 23.7 Å². The van der Waals surface area contributed by atoms with Crippen molar-refractivity contribution in [1.29, 1.82) is 0 Å². The van der Waals surface area contributed by atoms with Gasteiger partial charge in [0.05, 0.1) is 6.61 Å². The Bertz CT molecular complexity index is 675. The van der Waals surface area contributed by atoms with Crippen LogP contribution in [0, 0.1) is 0 Å². The topological polar surface area (TPSA) is 101 Å². The minimum absolute atomic E-state index is 0.189. The van der Waals surface area contributed by atoms with Crippen LogP contribution in [0.15, 0.2) is 27.8 Å². The number of ether oxygens (including phenoxy) is 2. The van der Waals surface area contributed by atoms with E-state index in [0.29, 0.717) is 17.3 Å². The average molecular weight is 382 g/mol. The first-order chi connectivity index (χ1) is 12.4. The highest BCUT2D eigenvalue weighted by Crippen LogP contribution is 2.16. The van der Waals surface area contributed by atoms with E-state index in [2.05, 4.69) is 10.3 Å². The summed E-state index contributed by atoms with van der Waals surface area (Å²) in [6.07, 6.45) is 0. The van der Waals surface area contributed by atoms with Gasteiger partial charge in [-0.3, -0.25) is 4.79 Å². The van der Waals surface area contributed by atoms with Crippen molar-refractivity contribution in [2.75, 3.05) is 34.8 Å². The van der Waals surface area contributed by atoms with Crippen molar-refractivity contribution < 1.29 is 23.9 Å². The molecule has 0 unspecified atom stereocenters. The van der Waals surface area contributed by atoms with E-state index in [1.807, 2.05) is 25.9 Å². The van der Waals surface area contributed by atoms with Crippen LogP contribution in [0.1, 0.15) is 34.6 Å². The molecule has 0 radical (unpaired) electrons. The Morgan fingerprint density at radius 3 is 2.00 bits per heavy atom. The van der Waals surface area contributed by atoms with Gasteiger partial charge in [0.15, 0.2) is 11.6 Å². The maximum absolute atomic E-state index is 11.5. The van der Waals surface area contributed by atoms with Gasteiger partial charge in [-0.15, -0.1) is 0 Å². The van der Waals surface area contributed by atoms with Crippen molar-refractivity contribution in [2.45, 2.75) is 34.6 Å². The number of carbonyl (C=O) groups is 3. The van der Waals surface area contributed by atoms with Crippen molar-refractivity contribution in [3.8, 4) is 0 Å². The Kier molecular flexibility index (Phi) is 9.84. The molecular formula is C18H30N4O5. The van der Waals surface area contributed by atoms with Crippen LogP contribution in [0.25, 0.3) is 0 Å². The van der Waals surface area contributed by atoms with Crippen LogP contribution in [0.5, 0.6) is 0 Å². The molecule has 0 aromatic rings. The molecule has 0 atom stereocenters. The summed E-state index contributed by atoms with van der Waals surface area (Å²) in [7, 11) is 7.30. The number of amides is 1. The van der Waals surface area contributed by atoms with Crippen LogP contribution in [0.3, 0.4) is 0 Å². The molecule has 0 aliphatic carbocycles. The summed E-state index contributed by atoms with van der Waals surface area (Å²) in [6.45, 7) is 8.58. The largest absolute Gasteiger partial charge is 0.461 e. The molecule has 0 bridgehead atoms. The number of hydrogen-bond acceptors (Lipinski definition) is 8. The minimum Gasteiger partial charge on any atom is -0.461 e. The van der Waals surface area contributed by atoms with Crippen LogP contribution in [-0.2, 0) is 23.9 Å². The number of allylic oxidation sites excluding steroid dienone is 2. The Morgan fingerprint density at radius 2 is 1.67 bits per heavy atom. The average Bonchev–Trinajstić information content (AvgIpc) is 2.89. The predicted molar refractivity (Wildman–Crippen MR) is 102 cm³/mol. The van der Waals surface area contributed by atoms with E-state index in [4.69, 9.17) is 9.47 Å². The van der Waals surface area contributed by atoms with Crippen LogP contribution in [0.2, 0.25) is 0 Å². The Labute approximate surface area is 160 Å². The first-order valence-corrected chi connectivity index (χ1v) is 8.40. The van der Waals surface area contributed by atoms with Gasteiger partial charge in [-0.05, 0) is 20.8 Å². The first-order valence-electron chi connectivity index (χ1n) is 8.40. The lowest BCUT2D eigenvalue weighted by Gasteiger charge is -2.17. The molecule has 27 heavy (non-hydrogen) atoms. The zero-order chi connectivity index (χ0) is 21.3. The van der Waals surface area contributed by atoms with Crippen LogP contribution < -0.4 is 5.32 Å². The summed E-state index contributed by atoms with van der Waals surface area (Å²) in [5.74, 6) is -0.756. The third kappa shape index (κ3) is 7.93. The Hall–Kier alpha value is -2.84. The fourth-order valence-corrected chi connectivity index (χ4v) is 1.74. The summed E-state index contributed by atoms with van der Waals surface area (Å²) in [5.41, 5.74) is 2.06. The molecule has 1 rings (SSSR count). The van der Waals surface area contributed by atoms with Gasteiger partial charge in [-0.25, -0.2) is 14.6 Å². The summed E-state index contributed by atoms with van der Waals surface area (Å²) in [4.78, 5) is 41.1. The van der Waals surface area contributed by atoms with Crippen molar-refractivity contribution in [2.24, 2.45) is 4.99 Å². The Balaban J connectivity index is 0.000000511. The van der Waals surface area contributed by atoms with Crippen molar-refractivity contribution in [3.63, 3.8) is 0 Å². The molecule has 1 aliphatic rings. The fourth-order valence-electron chi connectivity index (χ4n) is 1.74. The number of hydrogen-bond donors (Lipinski definition) is 1. The summed E-state index contributed by atoms with van der Waals surface area (Å²) < 4.78 is 9.61. The van der Waals surface area contributed by atoms with Crippen molar-refractivity contribution in [1.82, 2.24) is 15.1 Å². The van der Waals surface area contributed by atoms with Crippen LogP contribution >= 0.6 is 0 Å². The third-order valence-corrected chi connectivity index (χ3v) is 3.53. The number of esters is 2. The highest BCUT2D eigenvalue weighted by molar-refractivity contribution is 6.04. The van der Waals surface area contributed by atoms with E-state index in [1.165, 1.54) is 6.92 Å². The van der Waals surface area contributed by atoms with Gasteiger partial charge in [0.1, 0.15) is 5.70 Å². The normalized spacial score (nSPS) is 15.4. The van der Waals surface area contributed by atoms with Crippen LogP contribution in [-0.4, -0.2) is 68.3 Å². The van der Waals surface area contributed by atoms with Crippen LogP contribution in [0.4, 0.5) is 0 Å². The second kappa shape index (κ2) is 11.0. The molecule has 0 fully saturated rings. The molecule has 1 aliphatic heterocycles. The lowest BCUT2D eigenvalue weighted by atomic mass is 10.3. The monoisotopic (exact) mass is 382 g/mol. The molecule has 152 valence electrons. The first kappa shape index (κ1) is 24.2. The number of nitrogens with one attached hydrogen (secondary N) is 1. The van der Waals surface area contributed by atoms with Gasteiger partial charge in [-0.2, -0.15) is 0 Å². The number of rotatable bonds is 5. The lowest BCUT2D eigenvalue weighted by molar-refractivity contribution is -0.140. The molecule has 1 heterocycles. The zero-order valence-corrected chi connectivity index (χ0v) is 17.6. The number of cyclic esters (lactones) is 1. The second-order valence-corrected chi connectivity index (χ2v) is 6.11. The molecule has 0 aromatic heterocycles. The van der Waals surface area contributed by atoms with E-state index in [0.717, 1.165) is 5.70 Å². The molecule has 0 spiro atoms. The highest BCUT2D eigenvalue weighted by Gasteiger charge is 2.22. The predicted octanol–water partition coefficient (Wildman–Crippen LogP) is 1.23. The number of aliphatic imine (C=N–C) groups is 1. The SMILES string of the molecule is CC1=N/C(=C(/C)N(C)C)C(=O)O1.CCOC(=O)/C(NC(C)=O)=C(\C)N(C)C. The number of carbonyl (C=O) groups excluding carboxylic acids is 3. The van der Waals surface area contributed by atoms with E-state index in [9.17, 15) is 14.4 Å². The molecule has 0 saturated carbocycles. The highest BCUT2D eigenvalue weighted by atomic mass is 16.6. The molecule has 0 saturated heterocycles. The van der Waals surface area contributed by atoms with E-state index >= 15 is 0 Å². The summed E-state index contributed by atoms with van der Waals surface area (Å²) in [5, 5.41) is 2.47. The molecule has 1 amide bonds. The summed E-state index contributed by atoms with van der Waals surface area (Å²) in [6, 6.07) is 0. The van der Waals surface area contributed by atoms with Gasteiger partial charge >= 0.3 is 11.9 Å². The van der Waals surface area contributed by atoms with E-state index in [-0.39, 0.29) is 24.2 Å². The Morgan fingerprint density at radius 1 is 1.11 bits per heavy atom. The fraction of sp³-hybridized carbons (Fsp3) is 0.556. The third-order valence-electron chi connectivity index (χ3n) is 3.53.